The van der Waals surface area contributed by atoms with E-state index in [1.807, 2.05) is 36.4 Å². The molecule has 43 heavy (non-hydrogen) atoms. The summed E-state index contributed by atoms with van der Waals surface area (Å²) in [5.74, 6) is -0.694. The van der Waals surface area contributed by atoms with Crippen molar-refractivity contribution < 1.29 is 28.9 Å². The fraction of sp³-hybridized carbons (Fsp3) is 0.600. The van der Waals surface area contributed by atoms with Crippen LogP contribution in [0.3, 0.4) is 0 Å². The number of carbonyl (C=O) groups excluding carboxylic acids is 2. The maximum atomic E-state index is 12.3. The molecule has 234 valence electrons. The molecule has 5 rings (SSSR count). The second-order valence-corrected chi connectivity index (χ2v) is 14.2. The summed E-state index contributed by atoms with van der Waals surface area (Å²) in [5.41, 5.74) is 4.50. The van der Waals surface area contributed by atoms with Crippen molar-refractivity contribution in [2.75, 3.05) is 13.1 Å². The summed E-state index contributed by atoms with van der Waals surface area (Å²) < 4.78 is 18.4. The zero-order chi connectivity index (χ0) is 30.9. The topological polar surface area (TPSA) is 97.3 Å². The van der Waals surface area contributed by atoms with Gasteiger partial charge in [0.25, 0.3) is 5.91 Å². The molecule has 2 bridgehead atoms. The van der Waals surface area contributed by atoms with Gasteiger partial charge >= 0.3 is 5.97 Å². The van der Waals surface area contributed by atoms with E-state index in [0.717, 1.165) is 35.3 Å². The van der Waals surface area contributed by atoms with Crippen molar-refractivity contribution in [2.45, 2.75) is 105 Å². The van der Waals surface area contributed by atoms with Crippen molar-refractivity contribution in [1.29, 1.82) is 0 Å². The van der Waals surface area contributed by atoms with Crippen LogP contribution in [0.5, 0.6) is 0 Å². The lowest BCUT2D eigenvalue weighted by Gasteiger charge is -2.43. The molecule has 7 atom stereocenters. The summed E-state index contributed by atoms with van der Waals surface area (Å²) in [6.45, 7) is 14.6. The van der Waals surface area contributed by atoms with Crippen LogP contribution in [-0.4, -0.2) is 53.2 Å². The minimum atomic E-state index is -0.841. The van der Waals surface area contributed by atoms with Crippen LogP contribution in [0.4, 0.5) is 0 Å². The summed E-state index contributed by atoms with van der Waals surface area (Å²) in [6.07, 6.45) is 2.17. The van der Waals surface area contributed by atoms with Gasteiger partial charge in [-0.3, -0.25) is 14.5 Å². The van der Waals surface area contributed by atoms with E-state index in [1.54, 1.807) is 6.92 Å². The van der Waals surface area contributed by atoms with Crippen molar-refractivity contribution in [3.63, 3.8) is 0 Å². The number of aliphatic hydroxyl groups excluding tert-OH is 1. The Morgan fingerprint density at radius 1 is 1.02 bits per heavy atom. The number of aliphatic hydroxyl groups is 1. The van der Waals surface area contributed by atoms with Gasteiger partial charge in [-0.2, -0.15) is 0 Å². The average Bonchev–Trinajstić information content (AvgIpc) is 3.19. The van der Waals surface area contributed by atoms with Gasteiger partial charge in [0, 0.05) is 44.1 Å². The highest BCUT2D eigenvalue weighted by atomic mass is 16.7. The highest BCUT2D eigenvalue weighted by Gasteiger charge is 2.51. The largest absolute Gasteiger partial charge is 0.453 e. The molecular weight excluding hydrogens is 544 g/mol. The van der Waals surface area contributed by atoms with Gasteiger partial charge in [0.15, 0.2) is 12.4 Å². The smallest absolute Gasteiger partial charge is 0.303 e. The minimum Gasteiger partial charge on any atom is -0.453 e. The molecule has 8 heteroatoms. The zero-order valence-electron chi connectivity index (χ0n) is 26.5. The van der Waals surface area contributed by atoms with Gasteiger partial charge < -0.3 is 24.6 Å². The van der Waals surface area contributed by atoms with Crippen LogP contribution in [0.2, 0.25) is 0 Å². The van der Waals surface area contributed by atoms with E-state index in [9.17, 15) is 14.7 Å². The molecule has 3 fully saturated rings. The molecule has 2 unspecified atom stereocenters. The predicted octanol–water partition coefficient (Wildman–Crippen LogP) is 5.44. The monoisotopic (exact) mass is 592 g/mol. The summed E-state index contributed by atoms with van der Waals surface area (Å²) in [5, 5.41) is 12.4. The Morgan fingerprint density at radius 3 is 2.33 bits per heavy atom. The lowest BCUT2D eigenvalue weighted by molar-refractivity contribution is -0.276. The number of nitrogens with zero attached hydrogens (tertiary/aromatic N) is 1. The molecule has 2 aromatic carbocycles. The number of rotatable bonds is 9. The summed E-state index contributed by atoms with van der Waals surface area (Å²) >= 11 is 0. The summed E-state index contributed by atoms with van der Waals surface area (Å²) in [7, 11) is 0. The molecule has 2 heterocycles. The minimum absolute atomic E-state index is 0.0106. The molecule has 2 N–H and O–H groups in total. The Kier molecular flexibility index (Phi) is 9.33. The molecule has 1 amide bonds. The van der Waals surface area contributed by atoms with Crippen LogP contribution in [0.25, 0.3) is 0 Å². The van der Waals surface area contributed by atoms with Gasteiger partial charge in [0.1, 0.15) is 0 Å². The molecular formula is C35H48N2O6. The van der Waals surface area contributed by atoms with Crippen molar-refractivity contribution in [3.8, 4) is 0 Å². The van der Waals surface area contributed by atoms with E-state index in [0.29, 0.717) is 23.4 Å². The van der Waals surface area contributed by atoms with E-state index in [-0.39, 0.29) is 30.6 Å². The first-order valence-corrected chi connectivity index (χ1v) is 15.6. The molecule has 1 aliphatic carbocycles. The lowest BCUT2D eigenvalue weighted by atomic mass is 9.65. The van der Waals surface area contributed by atoms with Crippen molar-refractivity contribution >= 4 is 11.9 Å². The molecule has 0 aromatic heterocycles. The molecule has 0 spiro atoms. The standard InChI is InChI=1S/C35H48N2O6/c1-22-30(18-37-21-35(6)16-29(37)15-34(4,5)20-35)42-33(43-31(22)27-11-9-26(19-38)10-12-27)28-13-7-25(8-14-28)17-36-32(40)23(2)41-24(3)39/h7-14,22-23,29-31,33,38H,15-21H2,1-6H3,(H,36,40)/t22-,23+,29?,30+,31+,33+,35?/m1/s1. The Balaban J connectivity index is 1.32. The molecule has 1 saturated carbocycles. The summed E-state index contributed by atoms with van der Waals surface area (Å²) in [4.78, 5) is 26.1. The SMILES string of the molecule is CC(=O)O[C@@H](C)C(=O)NCc1ccc([C@H]2O[C@@H](CN3CC4(C)CC3CC(C)(C)C4)[C@@H](C)[C@@H](c3ccc(CO)cc3)O2)cc1. The molecule has 2 saturated heterocycles. The normalized spacial score (nSPS) is 30.9. The van der Waals surface area contributed by atoms with Gasteiger partial charge in [0.2, 0.25) is 0 Å². The Morgan fingerprint density at radius 2 is 1.67 bits per heavy atom. The van der Waals surface area contributed by atoms with E-state index in [1.165, 1.54) is 26.2 Å². The second-order valence-electron chi connectivity index (χ2n) is 14.2. The third-order valence-corrected chi connectivity index (χ3v) is 9.49. The Hall–Kier alpha value is -2.78. The molecule has 2 aliphatic heterocycles. The number of hydrogen-bond donors (Lipinski definition) is 2. The van der Waals surface area contributed by atoms with E-state index < -0.39 is 18.4 Å². The quantitative estimate of drug-likeness (QED) is 0.375. The van der Waals surface area contributed by atoms with E-state index in [4.69, 9.17) is 14.2 Å². The van der Waals surface area contributed by atoms with Crippen molar-refractivity contribution in [3.05, 3.63) is 70.8 Å². The third-order valence-electron chi connectivity index (χ3n) is 9.49. The molecule has 2 aromatic rings. The Labute approximate surface area is 256 Å². The lowest BCUT2D eigenvalue weighted by Crippen LogP contribution is -2.46. The number of carbonyl (C=O) groups is 2. The van der Waals surface area contributed by atoms with Crippen molar-refractivity contribution in [2.24, 2.45) is 16.7 Å². The fourth-order valence-electron chi connectivity index (χ4n) is 7.78. The number of likely N-dealkylation sites (tertiary alicyclic amines) is 1. The van der Waals surface area contributed by atoms with Crippen LogP contribution in [0.15, 0.2) is 48.5 Å². The third kappa shape index (κ3) is 7.48. The van der Waals surface area contributed by atoms with Crippen LogP contribution in [0, 0.1) is 16.7 Å². The zero-order valence-corrected chi connectivity index (χ0v) is 26.5. The average molecular weight is 593 g/mol. The van der Waals surface area contributed by atoms with Crippen LogP contribution < -0.4 is 5.32 Å². The summed E-state index contributed by atoms with van der Waals surface area (Å²) in [6, 6.07) is 16.5. The second kappa shape index (κ2) is 12.7. The molecule has 0 radical (unpaired) electrons. The highest BCUT2D eigenvalue weighted by molar-refractivity contribution is 5.82. The number of amides is 1. The number of hydrogen-bond acceptors (Lipinski definition) is 7. The first kappa shape index (κ1) is 31.6. The van der Waals surface area contributed by atoms with Gasteiger partial charge in [-0.1, -0.05) is 76.2 Å². The fourth-order valence-corrected chi connectivity index (χ4v) is 7.78. The van der Waals surface area contributed by atoms with Gasteiger partial charge in [-0.15, -0.1) is 0 Å². The van der Waals surface area contributed by atoms with Gasteiger partial charge in [0.05, 0.1) is 18.8 Å². The van der Waals surface area contributed by atoms with E-state index >= 15 is 0 Å². The van der Waals surface area contributed by atoms with Crippen LogP contribution >= 0.6 is 0 Å². The van der Waals surface area contributed by atoms with Crippen LogP contribution in [-0.2, 0) is 37.0 Å². The number of ether oxygens (including phenoxy) is 3. The maximum absolute atomic E-state index is 12.3. The first-order valence-electron chi connectivity index (χ1n) is 15.6. The number of benzene rings is 2. The van der Waals surface area contributed by atoms with Crippen LogP contribution in [0.1, 0.15) is 95.5 Å². The maximum Gasteiger partial charge on any atom is 0.303 e. The number of fused-ring (bicyclic) bond motifs is 2. The van der Waals surface area contributed by atoms with E-state index in [2.05, 4.69) is 50.0 Å². The Bertz CT molecular complexity index is 1280. The van der Waals surface area contributed by atoms with Gasteiger partial charge in [-0.25, -0.2) is 0 Å². The number of nitrogens with one attached hydrogen (secondary N) is 1. The molecule has 8 nitrogen and oxygen atoms in total. The molecule has 3 aliphatic rings. The number of esters is 1. The first-order chi connectivity index (χ1) is 20.3. The predicted molar refractivity (Wildman–Crippen MR) is 164 cm³/mol. The highest BCUT2D eigenvalue weighted by Crippen LogP contribution is 2.53. The van der Waals surface area contributed by atoms with Crippen molar-refractivity contribution in [1.82, 2.24) is 10.2 Å². The van der Waals surface area contributed by atoms with Gasteiger partial charge in [-0.05, 0) is 53.7 Å².